The number of nitrogens with zero attached hydrogens (tertiary/aromatic N) is 4. The summed E-state index contributed by atoms with van der Waals surface area (Å²) in [7, 11) is 3.85. The zero-order chi connectivity index (χ0) is 12.4. The standard InChI is InChI=1S/C9H12N6S2/c1-15(2)8-13-14-9(17-8)16-6-4-3-5(10)7(11)12-6/h3-4H,10H2,1-2H3,(H2,11,12). The van der Waals surface area contributed by atoms with Gasteiger partial charge in [-0.3, -0.25) is 0 Å². The summed E-state index contributed by atoms with van der Waals surface area (Å²) in [5, 5.41) is 9.72. The van der Waals surface area contributed by atoms with Gasteiger partial charge >= 0.3 is 0 Å². The van der Waals surface area contributed by atoms with E-state index in [2.05, 4.69) is 15.2 Å². The molecule has 17 heavy (non-hydrogen) atoms. The Hall–Kier alpha value is -1.54. The molecule has 0 aliphatic rings. The molecule has 0 amide bonds. The van der Waals surface area contributed by atoms with Gasteiger partial charge in [-0.05, 0) is 23.9 Å². The average molecular weight is 268 g/mol. The third-order valence-electron chi connectivity index (χ3n) is 1.90. The lowest BCUT2D eigenvalue weighted by Crippen LogP contribution is -2.07. The molecule has 90 valence electrons. The number of hydrogen-bond acceptors (Lipinski definition) is 8. The summed E-state index contributed by atoms with van der Waals surface area (Å²) in [4.78, 5) is 6.07. The second kappa shape index (κ2) is 4.76. The molecule has 4 N–H and O–H groups in total. The molecule has 2 aromatic heterocycles. The van der Waals surface area contributed by atoms with Crippen LogP contribution in [-0.4, -0.2) is 29.3 Å². The molecule has 6 nitrogen and oxygen atoms in total. The van der Waals surface area contributed by atoms with Gasteiger partial charge in [0.15, 0.2) is 4.34 Å². The molecule has 0 spiro atoms. The Labute approximate surface area is 107 Å². The van der Waals surface area contributed by atoms with E-state index >= 15 is 0 Å². The summed E-state index contributed by atoms with van der Waals surface area (Å²) >= 11 is 2.92. The molecule has 0 atom stereocenters. The number of aromatic nitrogens is 3. The Morgan fingerprint density at radius 3 is 2.59 bits per heavy atom. The van der Waals surface area contributed by atoms with Gasteiger partial charge in [-0.2, -0.15) is 0 Å². The highest BCUT2D eigenvalue weighted by atomic mass is 32.2. The quantitative estimate of drug-likeness (QED) is 0.866. The molecule has 0 aliphatic heterocycles. The van der Waals surface area contributed by atoms with E-state index < -0.39 is 0 Å². The van der Waals surface area contributed by atoms with E-state index in [-0.39, 0.29) is 0 Å². The molecule has 0 bridgehead atoms. The Morgan fingerprint density at radius 1 is 1.24 bits per heavy atom. The van der Waals surface area contributed by atoms with Crippen LogP contribution in [0, 0.1) is 0 Å². The molecule has 2 aromatic rings. The highest BCUT2D eigenvalue weighted by molar-refractivity contribution is 8.01. The van der Waals surface area contributed by atoms with Crippen LogP contribution in [0.2, 0.25) is 0 Å². The molecule has 0 fully saturated rings. The SMILES string of the molecule is CN(C)c1nnc(Sc2ccc(N)c(N)n2)s1. The van der Waals surface area contributed by atoms with Gasteiger partial charge in [0.25, 0.3) is 0 Å². The van der Waals surface area contributed by atoms with Gasteiger partial charge in [-0.1, -0.05) is 11.3 Å². The highest BCUT2D eigenvalue weighted by Gasteiger charge is 2.08. The fourth-order valence-corrected chi connectivity index (χ4v) is 2.73. The molecule has 0 aliphatic carbocycles. The Bertz CT molecular complexity index is 524. The van der Waals surface area contributed by atoms with E-state index in [1.165, 1.54) is 23.1 Å². The number of pyridine rings is 1. The zero-order valence-corrected chi connectivity index (χ0v) is 11.0. The van der Waals surface area contributed by atoms with Crippen molar-refractivity contribution in [3.05, 3.63) is 12.1 Å². The van der Waals surface area contributed by atoms with E-state index in [4.69, 9.17) is 11.5 Å². The van der Waals surface area contributed by atoms with Crippen molar-refractivity contribution in [3.8, 4) is 0 Å². The minimum atomic E-state index is 0.340. The second-order valence-corrected chi connectivity index (χ2v) is 5.69. The van der Waals surface area contributed by atoms with E-state index in [9.17, 15) is 0 Å². The molecule has 2 rings (SSSR count). The van der Waals surface area contributed by atoms with Crippen LogP contribution in [0.4, 0.5) is 16.6 Å². The highest BCUT2D eigenvalue weighted by Crippen LogP contribution is 2.32. The summed E-state index contributed by atoms with van der Waals surface area (Å²) in [5.41, 5.74) is 11.7. The first-order valence-electron chi connectivity index (χ1n) is 4.77. The molecule has 0 saturated heterocycles. The van der Waals surface area contributed by atoms with Crippen molar-refractivity contribution in [3.63, 3.8) is 0 Å². The van der Waals surface area contributed by atoms with Crippen molar-refractivity contribution in [2.24, 2.45) is 0 Å². The normalized spacial score (nSPS) is 10.5. The first kappa shape index (κ1) is 11.9. The van der Waals surface area contributed by atoms with Crippen molar-refractivity contribution in [1.29, 1.82) is 0 Å². The summed E-state index contributed by atoms with van der Waals surface area (Å²) in [6, 6.07) is 3.55. The van der Waals surface area contributed by atoms with Gasteiger partial charge in [0.05, 0.1) is 5.69 Å². The van der Waals surface area contributed by atoms with Gasteiger partial charge < -0.3 is 16.4 Å². The van der Waals surface area contributed by atoms with Crippen LogP contribution in [0.1, 0.15) is 0 Å². The third-order valence-corrected chi connectivity index (χ3v) is 3.98. The lowest BCUT2D eigenvalue weighted by Gasteiger charge is -2.03. The average Bonchev–Trinajstić information content (AvgIpc) is 2.72. The van der Waals surface area contributed by atoms with Crippen molar-refractivity contribution in [2.45, 2.75) is 9.37 Å². The first-order valence-corrected chi connectivity index (χ1v) is 6.40. The van der Waals surface area contributed by atoms with Gasteiger partial charge in [0.1, 0.15) is 10.8 Å². The van der Waals surface area contributed by atoms with Gasteiger partial charge in [-0.25, -0.2) is 4.98 Å². The maximum absolute atomic E-state index is 5.64. The van der Waals surface area contributed by atoms with Crippen molar-refractivity contribution < 1.29 is 0 Å². The van der Waals surface area contributed by atoms with Crippen LogP contribution < -0.4 is 16.4 Å². The molecule has 2 heterocycles. The lowest BCUT2D eigenvalue weighted by atomic mass is 10.4. The number of nitrogen functional groups attached to an aromatic ring is 2. The van der Waals surface area contributed by atoms with Crippen molar-refractivity contribution in [2.75, 3.05) is 30.5 Å². The third kappa shape index (κ3) is 2.77. The molecule has 8 heteroatoms. The fourth-order valence-electron chi connectivity index (χ4n) is 1.04. The zero-order valence-electron chi connectivity index (χ0n) is 9.41. The molecule has 0 saturated carbocycles. The second-order valence-electron chi connectivity index (χ2n) is 3.47. The van der Waals surface area contributed by atoms with Crippen LogP contribution in [-0.2, 0) is 0 Å². The molecule has 0 unspecified atom stereocenters. The monoisotopic (exact) mass is 268 g/mol. The van der Waals surface area contributed by atoms with Gasteiger partial charge in [-0.15, -0.1) is 10.2 Å². The first-order chi connectivity index (χ1) is 8.06. The van der Waals surface area contributed by atoms with Crippen molar-refractivity contribution >= 4 is 39.7 Å². The largest absolute Gasteiger partial charge is 0.396 e. The van der Waals surface area contributed by atoms with Crippen LogP contribution in [0.5, 0.6) is 0 Å². The molecular formula is C9H12N6S2. The van der Waals surface area contributed by atoms with Crippen LogP contribution in [0.25, 0.3) is 0 Å². The summed E-state index contributed by atoms with van der Waals surface area (Å²) in [6.45, 7) is 0. The predicted molar refractivity (Wildman–Crippen MR) is 71.4 cm³/mol. The molecular weight excluding hydrogens is 256 g/mol. The summed E-state index contributed by atoms with van der Waals surface area (Å²) in [5.74, 6) is 0.340. The molecule has 0 radical (unpaired) electrons. The van der Waals surface area contributed by atoms with Crippen LogP contribution in [0.3, 0.4) is 0 Å². The number of rotatable bonds is 3. The van der Waals surface area contributed by atoms with E-state index in [1.54, 1.807) is 6.07 Å². The topological polar surface area (TPSA) is 94.0 Å². The Kier molecular flexibility index (Phi) is 3.34. The van der Waals surface area contributed by atoms with Crippen LogP contribution in [0.15, 0.2) is 21.5 Å². The Morgan fingerprint density at radius 2 is 2.00 bits per heavy atom. The van der Waals surface area contributed by atoms with Gasteiger partial charge in [0.2, 0.25) is 5.13 Å². The maximum atomic E-state index is 5.64. The predicted octanol–water partition coefficient (Wildman–Crippen LogP) is 1.31. The molecule has 0 aromatic carbocycles. The minimum Gasteiger partial charge on any atom is -0.396 e. The maximum Gasteiger partial charge on any atom is 0.208 e. The minimum absolute atomic E-state index is 0.340. The van der Waals surface area contributed by atoms with Gasteiger partial charge in [0, 0.05) is 14.1 Å². The van der Waals surface area contributed by atoms with Crippen molar-refractivity contribution in [1.82, 2.24) is 15.2 Å². The smallest absolute Gasteiger partial charge is 0.208 e. The number of hydrogen-bond donors (Lipinski definition) is 2. The number of anilines is 3. The Balaban J connectivity index is 2.16. The fraction of sp³-hybridized carbons (Fsp3) is 0.222. The number of nitrogens with two attached hydrogens (primary N) is 2. The van der Waals surface area contributed by atoms with E-state index in [0.29, 0.717) is 11.5 Å². The lowest BCUT2D eigenvalue weighted by molar-refractivity contribution is 0.971. The summed E-state index contributed by atoms with van der Waals surface area (Å²) in [6.07, 6.45) is 0. The van der Waals surface area contributed by atoms with Crippen LogP contribution >= 0.6 is 23.1 Å². The summed E-state index contributed by atoms with van der Waals surface area (Å²) < 4.78 is 0.824. The van der Waals surface area contributed by atoms with E-state index in [1.807, 2.05) is 25.1 Å². The van der Waals surface area contributed by atoms with E-state index in [0.717, 1.165) is 14.5 Å².